The summed E-state index contributed by atoms with van der Waals surface area (Å²) in [5, 5.41) is 7.31. The topological polar surface area (TPSA) is 84.7 Å². The Balaban J connectivity index is 1.92. The second-order valence-electron chi connectivity index (χ2n) is 5.22. The minimum absolute atomic E-state index is 0.488. The van der Waals surface area contributed by atoms with Gasteiger partial charge in [0.15, 0.2) is 0 Å². The normalized spacial score (nSPS) is 14.8. The van der Waals surface area contributed by atoms with E-state index in [2.05, 4.69) is 42.2 Å². The summed E-state index contributed by atoms with van der Waals surface area (Å²) in [6.45, 7) is 2.93. The minimum Gasteiger partial charge on any atom is -0.354 e. The van der Waals surface area contributed by atoms with Gasteiger partial charge in [-0.15, -0.1) is 0 Å². The number of rotatable bonds is 6. The highest BCUT2D eigenvalue weighted by molar-refractivity contribution is 5.40. The summed E-state index contributed by atoms with van der Waals surface area (Å²) in [5.74, 6) is 1.75. The van der Waals surface area contributed by atoms with Gasteiger partial charge < -0.3 is 10.2 Å². The van der Waals surface area contributed by atoms with Crippen LogP contribution in [0.15, 0.2) is 12.7 Å². The lowest BCUT2D eigenvalue weighted by atomic mass is 9.92. The van der Waals surface area contributed by atoms with E-state index in [1.54, 1.807) is 11.0 Å². The molecule has 0 unspecified atom stereocenters. The van der Waals surface area contributed by atoms with Gasteiger partial charge in [-0.1, -0.05) is 6.92 Å². The molecule has 0 aliphatic heterocycles. The molecular formula is C13H20N8. The molecule has 1 aliphatic rings. The molecular weight excluding hydrogens is 268 g/mol. The Morgan fingerprint density at radius 1 is 1.33 bits per heavy atom. The van der Waals surface area contributed by atoms with Gasteiger partial charge in [-0.3, -0.25) is 0 Å². The molecule has 1 fully saturated rings. The first kappa shape index (κ1) is 13.7. The molecule has 1 saturated carbocycles. The minimum atomic E-state index is 0.488. The van der Waals surface area contributed by atoms with E-state index < -0.39 is 0 Å². The van der Waals surface area contributed by atoms with Gasteiger partial charge in [-0.25, -0.2) is 4.98 Å². The number of hydrogen-bond acceptors (Lipinski definition) is 7. The van der Waals surface area contributed by atoms with Crippen LogP contribution in [0.1, 0.15) is 32.6 Å². The highest BCUT2D eigenvalue weighted by Crippen LogP contribution is 2.26. The fourth-order valence-electron chi connectivity index (χ4n) is 2.18. The summed E-state index contributed by atoms with van der Waals surface area (Å²) in [7, 11) is 2.04. The molecule has 2 heterocycles. The van der Waals surface area contributed by atoms with E-state index in [1.807, 2.05) is 7.05 Å². The lowest BCUT2D eigenvalue weighted by Gasteiger charge is -2.34. The molecule has 0 radical (unpaired) electrons. The maximum atomic E-state index is 4.51. The zero-order valence-corrected chi connectivity index (χ0v) is 12.4. The van der Waals surface area contributed by atoms with Crippen LogP contribution in [0.5, 0.6) is 0 Å². The Morgan fingerprint density at radius 3 is 2.81 bits per heavy atom. The fraction of sp³-hybridized carbons (Fsp3) is 0.615. The Kier molecular flexibility index (Phi) is 3.94. The number of hydrogen-bond donors (Lipinski definition) is 1. The van der Waals surface area contributed by atoms with Crippen molar-refractivity contribution in [1.29, 1.82) is 0 Å². The molecule has 0 spiro atoms. The fourth-order valence-corrected chi connectivity index (χ4v) is 2.18. The predicted octanol–water partition coefficient (Wildman–Crippen LogP) is 1.26. The quantitative estimate of drug-likeness (QED) is 0.856. The van der Waals surface area contributed by atoms with Crippen molar-refractivity contribution in [2.45, 2.75) is 38.6 Å². The maximum absolute atomic E-state index is 4.51. The van der Waals surface area contributed by atoms with E-state index in [1.165, 1.54) is 25.6 Å². The third kappa shape index (κ3) is 2.93. The molecule has 112 valence electrons. The average Bonchev–Trinajstić information content (AvgIpc) is 2.97. The van der Waals surface area contributed by atoms with Crippen LogP contribution in [-0.4, -0.2) is 49.4 Å². The zero-order chi connectivity index (χ0) is 14.7. The van der Waals surface area contributed by atoms with Crippen molar-refractivity contribution in [3.63, 3.8) is 0 Å². The summed E-state index contributed by atoms with van der Waals surface area (Å²) >= 11 is 0. The predicted molar refractivity (Wildman–Crippen MR) is 79.6 cm³/mol. The Morgan fingerprint density at radius 2 is 2.19 bits per heavy atom. The third-order valence-corrected chi connectivity index (χ3v) is 3.71. The molecule has 0 amide bonds. The monoisotopic (exact) mass is 288 g/mol. The van der Waals surface area contributed by atoms with Gasteiger partial charge in [0.1, 0.15) is 12.7 Å². The van der Waals surface area contributed by atoms with E-state index in [0.717, 1.165) is 13.0 Å². The van der Waals surface area contributed by atoms with Crippen molar-refractivity contribution in [3.05, 3.63) is 12.7 Å². The smallest absolute Gasteiger partial charge is 0.258 e. The van der Waals surface area contributed by atoms with Crippen LogP contribution >= 0.6 is 0 Å². The molecule has 1 N–H and O–H groups in total. The van der Waals surface area contributed by atoms with Crippen LogP contribution in [0.3, 0.4) is 0 Å². The van der Waals surface area contributed by atoms with Crippen LogP contribution in [-0.2, 0) is 0 Å². The van der Waals surface area contributed by atoms with E-state index in [0.29, 0.717) is 23.9 Å². The molecule has 0 aromatic carbocycles. The molecule has 21 heavy (non-hydrogen) atoms. The molecule has 0 atom stereocenters. The standard InChI is InChI=1S/C13H20N8/c1-3-7-15-11-17-12(20(2)10-5-4-6-10)19-13(18-11)21-9-14-8-16-21/h8-10H,3-7H2,1-2H3,(H,15,17,18,19). The van der Waals surface area contributed by atoms with Crippen LogP contribution in [0, 0.1) is 0 Å². The van der Waals surface area contributed by atoms with Gasteiger partial charge in [-0.2, -0.15) is 24.7 Å². The van der Waals surface area contributed by atoms with Crippen molar-refractivity contribution in [2.24, 2.45) is 0 Å². The van der Waals surface area contributed by atoms with Crippen molar-refractivity contribution in [1.82, 2.24) is 29.7 Å². The first-order valence-corrected chi connectivity index (χ1v) is 7.35. The maximum Gasteiger partial charge on any atom is 0.258 e. The average molecular weight is 288 g/mol. The van der Waals surface area contributed by atoms with Gasteiger partial charge >= 0.3 is 0 Å². The summed E-state index contributed by atoms with van der Waals surface area (Å²) in [6.07, 6.45) is 7.73. The molecule has 3 rings (SSSR count). The van der Waals surface area contributed by atoms with Crippen LogP contribution in [0.4, 0.5) is 11.9 Å². The first-order chi connectivity index (χ1) is 10.3. The Hall–Kier alpha value is -2.25. The molecule has 8 nitrogen and oxygen atoms in total. The molecule has 2 aromatic heterocycles. The van der Waals surface area contributed by atoms with Gasteiger partial charge in [-0.05, 0) is 25.7 Å². The van der Waals surface area contributed by atoms with Gasteiger partial charge in [0, 0.05) is 19.6 Å². The molecule has 8 heteroatoms. The largest absolute Gasteiger partial charge is 0.354 e. The molecule has 0 saturated heterocycles. The number of aromatic nitrogens is 6. The lowest BCUT2D eigenvalue weighted by Crippen LogP contribution is -2.38. The van der Waals surface area contributed by atoms with Crippen molar-refractivity contribution >= 4 is 11.9 Å². The number of nitrogens with one attached hydrogen (secondary N) is 1. The van der Waals surface area contributed by atoms with Gasteiger partial charge in [0.05, 0.1) is 0 Å². The second-order valence-corrected chi connectivity index (χ2v) is 5.22. The van der Waals surface area contributed by atoms with Gasteiger partial charge in [0.25, 0.3) is 5.95 Å². The summed E-state index contributed by atoms with van der Waals surface area (Å²) < 4.78 is 1.55. The van der Waals surface area contributed by atoms with Gasteiger partial charge in [0.2, 0.25) is 11.9 Å². The van der Waals surface area contributed by atoms with Crippen molar-refractivity contribution in [2.75, 3.05) is 23.8 Å². The highest BCUT2D eigenvalue weighted by atomic mass is 15.4. The number of anilines is 2. The first-order valence-electron chi connectivity index (χ1n) is 7.35. The zero-order valence-electron chi connectivity index (χ0n) is 12.4. The van der Waals surface area contributed by atoms with E-state index >= 15 is 0 Å². The Labute approximate surface area is 123 Å². The van der Waals surface area contributed by atoms with Crippen molar-refractivity contribution in [3.8, 4) is 5.95 Å². The molecule has 0 bridgehead atoms. The highest BCUT2D eigenvalue weighted by Gasteiger charge is 2.25. The number of nitrogens with zero attached hydrogens (tertiary/aromatic N) is 7. The third-order valence-electron chi connectivity index (χ3n) is 3.71. The summed E-state index contributed by atoms with van der Waals surface area (Å²) in [4.78, 5) is 19.5. The molecule has 1 aliphatic carbocycles. The van der Waals surface area contributed by atoms with E-state index in [4.69, 9.17) is 0 Å². The lowest BCUT2D eigenvalue weighted by molar-refractivity contribution is 0.397. The van der Waals surface area contributed by atoms with Crippen molar-refractivity contribution < 1.29 is 0 Å². The Bertz CT molecular complexity index is 578. The van der Waals surface area contributed by atoms with Crippen LogP contribution in [0.25, 0.3) is 5.95 Å². The second kappa shape index (κ2) is 6.02. The van der Waals surface area contributed by atoms with Crippen LogP contribution < -0.4 is 10.2 Å². The summed E-state index contributed by atoms with van der Waals surface area (Å²) in [6, 6.07) is 0.523. The van der Waals surface area contributed by atoms with E-state index in [-0.39, 0.29) is 0 Å². The molecule has 2 aromatic rings. The SMILES string of the molecule is CCCNc1nc(N(C)C2CCC2)nc(-n2cncn2)n1. The van der Waals surface area contributed by atoms with E-state index in [9.17, 15) is 0 Å². The van der Waals surface area contributed by atoms with Crippen LogP contribution in [0.2, 0.25) is 0 Å². The summed E-state index contributed by atoms with van der Waals surface area (Å²) in [5.41, 5.74) is 0.